The van der Waals surface area contributed by atoms with E-state index in [9.17, 15) is 9.90 Å². The quantitative estimate of drug-likeness (QED) is 0.728. The van der Waals surface area contributed by atoms with Crippen LogP contribution in [-0.2, 0) is 4.79 Å². The van der Waals surface area contributed by atoms with Crippen molar-refractivity contribution in [3.05, 3.63) is 0 Å². The monoisotopic (exact) mass is 204 g/mol. The molecule has 2 atom stereocenters. The summed E-state index contributed by atoms with van der Waals surface area (Å²) in [6.07, 6.45) is 2.30. The summed E-state index contributed by atoms with van der Waals surface area (Å²) in [5.41, 5.74) is 0. The maximum absolute atomic E-state index is 10.3. The third-order valence-electron chi connectivity index (χ3n) is 2.46. The smallest absolute Gasteiger partial charge is 0.303 e. The molecule has 4 heteroatoms. The van der Waals surface area contributed by atoms with E-state index in [4.69, 9.17) is 5.11 Å². The van der Waals surface area contributed by atoms with Gasteiger partial charge in [0.15, 0.2) is 0 Å². The fourth-order valence-corrected chi connectivity index (χ4v) is 2.70. The number of hydrogen-bond donors (Lipinski definition) is 2. The molecule has 1 aliphatic heterocycles. The lowest BCUT2D eigenvalue weighted by Gasteiger charge is -2.18. The van der Waals surface area contributed by atoms with Crippen LogP contribution in [0, 0.1) is 5.92 Å². The molecule has 0 spiro atoms. The molecule has 2 N–H and O–H groups in total. The number of aliphatic carboxylic acids is 1. The number of aliphatic hydroxyl groups excluding tert-OH is 1. The molecule has 0 radical (unpaired) electrons. The molecule has 0 aromatic carbocycles. The molecular weight excluding hydrogens is 188 g/mol. The summed E-state index contributed by atoms with van der Waals surface area (Å²) in [6.45, 7) is 0. The Bertz CT molecular complexity index is 172. The zero-order valence-corrected chi connectivity index (χ0v) is 8.42. The van der Waals surface area contributed by atoms with E-state index < -0.39 is 5.97 Å². The lowest BCUT2D eigenvalue weighted by molar-refractivity contribution is -0.137. The first-order valence-electron chi connectivity index (χ1n) is 4.67. The van der Waals surface area contributed by atoms with Crippen LogP contribution in [0.2, 0.25) is 0 Å². The third-order valence-corrected chi connectivity index (χ3v) is 3.51. The van der Waals surface area contributed by atoms with Gasteiger partial charge in [-0.2, -0.15) is 11.8 Å². The normalized spacial score (nSPS) is 29.6. The van der Waals surface area contributed by atoms with Gasteiger partial charge < -0.3 is 10.2 Å². The molecule has 1 saturated heterocycles. The van der Waals surface area contributed by atoms with Gasteiger partial charge >= 0.3 is 5.97 Å². The van der Waals surface area contributed by atoms with Crippen molar-refractivity contribution in [2.24, 2.45) is 5.92 Å². The van der Waals surface area contributed by atoms with Gasteiger partial charge in [-0.25, -0.2) is 0 Å². The first kappa shape index (κ1) is 10.9. The molecule has 3 nitrogen and oxygen atoms in total. The maximum atomic E-state index is 10.3. The average molecular weight is 204 g/mol. The number of rotatable bonds is 3. The molecule has 1 aliphatic rings. The van der Waals surface area contributed by atoms with Crippen molar-refractivity contribution >= 4 is 17.7 Å². The first-order chi connectivity index (χ1) is 6.20. The van der Waals surface area contributed by atoms with E-state index in [-0.39, 0.29) is 18.4 Å². The standard InChI is InChI=1S/C9H16O3S/c10-8-4-6-13-5-3-7(8)1-2-9(11)12/h7-8,10H,1-6H2,(H,11,12)/t7-,8-/m0/s1. The van der Waals surface area contributed by atoms with Crippen molar-refractivity contribution in [1.29, 1.82) is 0 Å². The second-order valence-electron chi connectivity index (χ2n) is 3.45. The van der Waals surface area contributed by atoms with Gasteiger partial charge in [-0.15, -0.1) is 0 Å². The van der Waals surface area contributed by atoms with E-state index in [1.807, 2.05) is 11.8 Å². The minimum absolute atomic E-state index is 0.187. The first-order valence-corrected chi connectivity index (χ1v) is 5.83. The Morgan fingerprint density at radius 3 is 2.77 bits per heavy atom. The molecule has 1 heterocycles. The highest BCUT2D eigenvalue weighted by Gasteiger charge is 2.22. The highest BCUT2D eigenvalue weighted by molar-refractivity contribution is 7.99. The lowest BCUT2D eigenvalue weighted by atomic mass is 9.93. The fraction of sp³-hybridized carbons (Fsp3) is 0.889. The number of thioether (sulfide) groups is 1. The van der Waals surface area contributed by atoms with Gasteiger partial charge in [0.2, 0.25) is 0 Å². The molecule has 0 amide bonds. The van der Waals surface area contributed by atoms with Crippen molar-refractivity contribution in [2.45, 2.75) is 31.8 Å². The van der Waals surface area contributed by atoms with Gasteiger partial charge in [0.25, 0.3) is 0 Å². The molecular formula is C9H16O3S. The summed E-state index contributed by atoms with van der Waals surface area (Å²) in [5, 5.41) is 18.2. The summed E-state index contributed by atoms with van der Waals surface area (Å²) in [4.78, 5) is 10.3. The Hall–Kier alpha value is -0.220. The maximum Gasteiger partial charge on any atom is 0.303 e. The summed E-state index contributed by atoms with van der Waals surface area (Å²) < 4.78 is 0. The predicted molar refractivity (Wildman–Crippen MR) is 52.9 cm³/mol. The summed E-state index contributed by atoms with van der Waals surface area (Å²) in [5.74, 6) is 1.50. The molecule has 13 heavy (non-hydrogen) atoms. The van der Waals surface area contributed by atoms with Crippen LogP contribution in [-0.4, -0.2) is 33.8 Å². The second-order valence-corrected chi connectivity index (χ2v) is 4.67. The Kier molecular flexibility index (Phi) is 4.59. The van der Waals surface area contributed by atoms with Crippen LogP contribution in [0.1, 0.15) is 25.7 Å². The molecule has 0 unspecified atom stereocenters. The molecule has 0 aliphatic carbocycles. The lowest BCUT2D eigenvalue weighted by Crippen LogP contribution is -2.20. The molecule has 0 aromatic rings. The Labute approximate surface area is 82.5 Å². The van der Waals surface area contributed by atoms with E-state index in [2.05, 4.69) is 0 Å². The summed E-state index contributed by atoms with van der Waals surface area (Å²) in [7, 11) is 0. The van der Waals surface area contributed by atoms with Crippen molar-refractivity contribution in [2.75, 3.05) is 11.5 Å². The topological polar surface area (TPSA) is 57.5 Å². The van der Waals surface area contributed by atoms with Gasteiger partial charge in [0.05, 0.1) is 6.10 Å². The number of carbonyl (C=O) groups is 1. The molecule has 0 bridgehead atoms. The van der Waals surface area contributed by atoms with Gasteiger partial charge in [0.1, 0.15) is 0 Å². The van der Waals surface area contributed by atoms with Gasteiger partial charge in [-0.1, -0.05) is 0 Å². The van der Waals surface area contributed by atoms with Crippen LogP contribution in [0.4, 0.5) is 0 Å². The number of carboxylic acids is 1. The predicted octanol–water partition coefficient (Wildman–Crippen LogP) is 1.36. The average Bonchev–Trinajstić information content (AvgIpc) is 2.27. The van der Waals surface area contributed by atoms with E-state index in [1.165, 1.54) is 0 Å². The van der Waals surface area contributed by atoms with Crippen LogP contribution >= 0.6 is 11.8 Å². The number of carboxylic acid groups (broad SMARTS) is 1. The van der Waals surface area contributed by atoms with Crippen molar-refractivity contribution < 1.29 is 15.0 Å². The van der Waals surface area contributed by atoms with Crippen LogP contribution in [0.15, 0.2) is 0 Å². The summed E-state index contributed by atoms with van der Waals surface area (Å²) >= 11 is 1.85. The molecule has 0 aromatic heterocycles. The SMILES string of the molecule is O=C(O)CC[C@H]1CCSCC[C@@H]1O. The Morgan fingerprint density at radius 2 is 2.08 bits per heavy atom. The van der Waals surface area contributed by atoms with Gasteiger partial charge in [-0.3, -0.25) is 4.79 Å². The third kappa shape index (κ3) is 4.00. The van der Waals surface area contributed by atoms with Crippen LogP contribution < -0.4 is 0 Å². The largest absolute Gasteiger partial charge is 0.481 e. The van der Waals surface area contributed by atoms with Crippen molar-refractivity contribution in [3.63, 3.8) is 0 Å². The molecule has 1 rings (SSSR count). The minimum atomic E-state index is -0.760. The number of hydrogen-bond acceptors (Lipinski definition) is 3. The summed E-state index contributed by atoms with van der Waals surface area (Å²) in [6, 6.07) is 0. The van der Waals surface area contributed by atoms with Crippen LogP contribution in [0.5, 0.6) is 0 Å². The second kappa shape index (κ2) is 5.50. The molecule has 1 fully saturated rings. The Balaban J connectivity index is 2.31. The zero-order valence-electron chi connectivity index (χ0n) is 7.61. The van der Waals surface area contributed by atoms with Gasteiger partial charge in [-0.05, 0) is 36.7 Å². The number of aliphatic hydroxyl groups is 1. The molecule has 0 saturated carbocycles. The van der Waals surface area contributed by atoms with E-state index >= 15 is 0 Å². The van der Waals surface area contributed by atoms with Crippen molar-refractivity contribution in [1.82, 2.24) is 0 Å². The van der Waals surface area contributed by atoms with E-state index in [1.54, 1.807) is 0 Å². The zero-order chi connectivity index (χ0) is 9.68. The molecule has 76 valence electrons. The van der Waals surface area contributed by atoms with Crippen LogP contribution in [0.3, 0.4) is 0 Å². The van der Waals surface area contributed by atoms with Crippen LogP contribution in [0.25, 0.3) is 0 Å². The van der Waals surface area contributed by atoms with Crippen molar-refractivity contribution in [3.8, 4) is 0 Å². The fourth-order valence-electron chi connectivity index (χ4n) is 1.61. The van der Waals surface area contributed by atoms with E-state index in [0.29, 0.717) is 6.42 Å². The Morgan fingerprint density at radius 1 is 1.38 bits per heavy atom. The highest BCUT2D eigenvalue weighted by atomic mass is 32.2. The van der Waals surface area contributed by atoms with E-state index in [0.717, 1.165) is 24.3 Å². The highest BCUT2D eigenvalue weighted by Crippen LogP contribution is 2.25. The minimum Gasteiger partial charge on any atom is -0.481 e. The van der Waals surface area contributed by atoms with Gasteiger partial charge in [0, 0.05) is 6.42 Å².